The van der Waals surface area contributed by atoms with Crippen LogP contribution in [0.15, 0.2) is 4.99 Å². The fraction of sp³-hybridized carbons (Fsp3) is 0.846. The lowest BCUT2D eigenvalue weighted by atomic mass is 9.70. The molecule has 84 valence electrons. The average Bonchev–Trinajstić information content (AvgIpc) is 2.69. The minimum Gasteiger partial charge on any atom is -0.281 e. The van der Waals surface area contributed by atoms with Crippen molar-refractivity contribution in [3.8, 4) is 0 Å². The van der Waals surface area contributed by atoms with Crippen LogP contribution >= 0.6 is 0 Å². The Morgan fingerprint density at radius 2 is 2.13 bits per heavy atom. The van der Waals surface area contributed by atoms with Crippen molar-refractivity contribution in [1.82, 2.24) is 5.32 Å². The predicted octanol–water partition coefficient (Wildman–Crippen LogP) is 2.74. The molecule has 2 aliphatic rings. The van der Waals surface area contributed by atoms with Crippen molar-refractivity contribution in [1.29, 1.82) is 0 Å². The Balaban J connectivity index is 2.00. The van der Waals surface area contributed by atoms with E-state index in [1.807, 2.05) is 0 Å². The van der Waals surface area contributed by atoms with Crippen LogP contribution < -0.4 is 5.32 Å². The normalized spacial score (nSPS) is 37.1. The molecule has 2 unspecified atom stereocenters. The molecule has 3 atom stereocenters. The van der Waals surface area contributed by atoms with Gasteiger partial charge in [-0.05, 0) is 42.9 Å². The molecule has 2 nitrogen and oxygen atoms in total. The van der Waals surface area contributed by atoms with E-state index >= 15 is 0 Å². The van der Waals surface area contributed by atoms with Gasteiger partial charge in [0.15, 0.2) is 6.67 Å². The SMILES string of the molecule is CC1CC(C2=N[C]NC2)C[C@H](C(C)C)C1. The summed E-state index contributed by atoms with van der Waals surface area (Å²) < 4.78 is 0. The number of hydrogen-bond donors (Lipinski definition) is 1. The second-order valence-corrected chi connectivity index (χ2v) is 5.58. The van der Waals surface area contributed by atoms with Crippen LogP contribution in [0.4, 0.5) is 0 Å². The van der Waals surface area contributed by atoms with Crippen LogP contribution in [0.25, 0.3) is 0 Å². The van der Waals surface area contributed by atoms with Crippen LogP contribution in [0, 0.1) is 30.3 Å². The van der Waals surface area contributed by atoms with E-state index in [1.54, 1.807) is 0 Å². The molecular formula is C13H22N2. The van der Waals surface area contributed by atoms with Crippen molar-refractivity contribution in [3.63, 3.8) is 0 Å². The third-order valence-electron chi connectivity index (χ3n) is 3.94. The minimum atomic E-state index is 0.712. The molecule has 0 aromatic rings. The third kappa shape index (κ3) is 2.60. The number of nitrogens with one attached hydrogen (secondary N) is 1. The molecule has 0 amide bonds. The Bertz CT molecular complexity index is 245. The zero-order chi connectivity index (χ0) is 10.8. The van der Waals surface area contributed by atoms with Crippen LogP contribution in [0.3, 0.4) is 0 Å². The Morgan fingerprint density at radius 3 is 2.73 bits per heavy atom. The third-order valence-corrected chi connectivity index (χ3v) is 3.94. The summed E-state index contributed by atoms with van der Waals surface area (Å²) in [6.45, 7) is 10.9. The van der Waals surface area contributed by atoms with E-state index in [9.17, 15) is 0 Å². The van der Waals surface area contributed by atoms with Crippen LogP contribution in [-0.2, 0) is 0 Å². The summed E-state index contributed by atoms with van der Waals surface area (Å²) in [7, 11) is 0. The van der Waals surface area contributed by atoms with Crippen LogP contribution in [-0.4, -0.2) is 12.3 Å². The molecule has 0 aromatic carbocycles. The smallest absolute Gasteiger partial charge is 0.196 e. The van der Waals surface area contributed by atoms with Crippen LogP contribution in [0.2, 0.25) is 0 Å². The molecule has 0 aromatic heterocycles. The fourth-order valence-electron chi connectivity index (χ4n) is 2.99. The molecule has 1 aliphatic carbocycles. The van der Waals surface area contributed by atoms with E-state index in [2.05, 4.69) is 37.7 Å². The maximum Gasteiger partial charge on any atom is 0.196 e. The van der Waals surface area contributed by atoms with Crippen molar-refractivity contribution in [2.45, 2.75) is 40.0 Å². The van der Waals surface area contributed by atoms with Crippen LogP contribution in [0.1, 0.15) is 40.0 Å². The van der Waals surface area contributed by atoms with Gasteiger partial charge in [0, 0.05) is 12.3 Å². The number of nitrogens with zero attached hydrogens (tertiary/aromatic N) is 1. The second kappa shape index (κ2) is 4.65. The van der Waals surface area contributed by atoms with Gasteiger partial charge in [-0.2, -0.15) is 0 Å². The lowest BCUT2D eigenvalue weighted by molar-refractivity contribution is 0.198. The van der Waals surface area contributed by atoms with Crippen LogP contribution in [0.5, 0.6) is 0 Å². The van der Waals surface area contributed by atoms with Gasteiger partial charge in [0.05, 0.1) is 0 Å². The quantitative estimate of drug-likeness (QED) is 0.738. The number of rotatable bonds is 2. The Kier molecular flexibility index (Phi) is 3.45. The predicted molar refractivity (Wildman–Crippen MR) is 63.5 cm³/mol. The molecule has 2 radical (unpaired) electrons. The van der Waals surface area contributed by atoms with Gasteiger partial charge in [0.25, 0.3) is 0 Å². The van der Waals surface area contributed by atoms with Crippen molar-refractivity contribution in [3.05, 3.63) is 6.67 Å². The van der Waals surface area contributed by atoms with Gasteiger partial charge < -0.3 is 0 Å². The maximum atomic E-state index is 4.34. The highest BCUT2D eigenvalue weighted by Crippen LogP contribution is 2.38. The minimum absolute atomic E-state index is 0.712. The first-order chi connectivity index (χ1) is 7.16. The topological polar surface area (TPSA) is 24.4 Å². The molecule has 1 heterocycles. The first-order valence-corrected chi connectivity index (χ1v) is 6.21. The summed E-state index contributed by atoms with van der Waals surface area (Å²) in [5.74, 6) is 3.28. The molecule has 1 aliphatic heterocycles. The van der Waals surface area contributed by atoms with Gasteiger partial charge in [-0.15, -0.1) is 0 Å². The van der Waals surface area contributed by atoms with E-state index in [0.717, 1.165) is 24.3 Å². The highest BCUT2D eigenvalue weighted by atomic mass is 15.1. The van der Waals surface area contributed by atoms with E-state index < -0.39 is 0 Å². The summed E-state index contributed by atoms with van der Waals surface area (Å²) in [5, 5.41) is 3.07. The van der Waals surface area contributed by atoms with Crippen molar-refractivity contribution in [2.75, 3.05) is 6.54 Å². The molecule has 1 N–H and O–H groups in total. The molecule has 0 spiro atoms. The van der Waals surface area contributed by atoms with Gasteiger partial charge in [0.1, 0.15) is 0 Å². The highest BCUT2D eigenvalue weighted by Gasteiger charge is 2.31. The van der Waals surface area contributed by atoms with Crippen molar-refractivity contribution >= 4 is 5.71 Å². The van der Waals surface area contributed by atoms with E-state index in [-0.39, 0.29) is 0 Å². The first kappa shape index (κ1) is 11.1. The largest absolute Gasteiger partial charge is 0.281 e. The number of aliphatic imine (C=N–C) groups is 1. The standard InChI is InChI=1S/C13H22N2/c1-9(2)11-4-10(3)5-12(6-11)13-7-14-8-15-13/h9-12,14H,4-7H2,1-3H3/t10?,11-,12?/m1/s1. The molecule has 1 saturated carbocycles. The van der Waals surface area contributed by atoms with Gasteiger partial charge in [-0.25, -0.2) is 0 Å². The van der Waals surface area contributed by atoms with Gasteiger partial charge in [0.2, 0.25) is 0 Å². The van der Waals surface area contributed by atoms with Gasteiger partial charge >= 0.3 is 0 Å². The Morgan fingerprint density at radius 1 is 1.33 bits per heavy atom. The second-order valence-electron chi connectivity index (χ2n) is 5.58. The fourth-order valence-corrected chi connectivity index (χ4v) is 2.99. The summed E-state index contributed by atoms with van der Waals surface area (Å²) in [5.41, 5.74) is 1.34. The lowest BCUT2D eigenvalue weighted by Gasteiger charge is -2.35. The molecule has 1 fully saturated rings. The van der Waals surface area contributed by atoms with E-state index in [1.165, 1.54) is 25.0 Å². The lowest BCUT2D eigenvalue weighted by Crippen LogP contribution is -2.31. The highest BCUT2D eigenvalue weighted by molar-refractivity contribution is 5.90. The molecule has 0 saturated heterocycles. The van der Waals surface area contributed by atoms with Crippen molar-refractivity contribution < 1.29 is 0 Å². The zero-order valence-electron chi connectivity index (χ0n) is 10.1. The molecule has 15 heavy (non-hydrogen) atoms. The molecule has 2 heteroatoms. The maximum absolute atomic E-state index is 4.34. The summed E-state index contributed by atoms with van der Waals surface area (Å²) in [4.78, 5) is 4.34. The van der Waals surface area contributed by atoms with E-state index in [4.69, 9.17) is 0 Å². The summed E-state index contributed by atoms with van der Waals surface area (Å²) >= 11 is 0. The van der Waals surface area contributed by atoms with E-state index in [0.29, 0.717) is 5.92 Å². The summed E-state index contributed by atoms with van der Waals surface area (Å²) in [6, 6.07) is 0. The Hall–Kier alpha value is -0.370. The molecular weight excluding hydrogens is 184 g/mol. The Labute approximate surface area is 93.6 Å². The van der Waals surface area contributed by atoms with Gasteiger partial charge in [-0.3, -0.25) is 10.3 Å². The molecule has 0 bridgehead atoms. The monoisotopic (exact) mass is 206 g/mol. The average molecular weight is 206 g/mol. The van der Waals surface area contributed by atoms with Crippen molar-refractivity contribution in [2.24, 2.45) is 28.7 Å². The number of hydrogen-bond acceptors (Lipinski definition) is 2. The summed E-state index contributed by atoms with van der Waals surface area (Å²) in [6.07, 6.45) is 4.07. The first-order valence-electron chi connectivity index (χ1n) is 6.21. The zero-order valence-corrected chi connectivity index (χ0v) is 10.1. The van der Waals surface area contributed by atoms with Gasteiger partial charge in [-0.1, -0.05) is 20.8 Å². The molecule has 2 rings (SSSR count).